The van der Waals surface area contributed by atoms with Gasteiger partial charge in [-0.25, -0.2) is 19.6 Å². The molecule has 0 saturated carbocycles. The summed E-state index contributed by atoms with van der Waals surface area (Å²) < 4.78 is 29.4. The molecule has 1 amide bonds. The number of hydrogen-bond donors (Lipinski definition) is 3. The highest BCUT2D eigenvalue weighted by Gasteiger charge is 2.28. The second kappa shape index (κ2) is 9.01. The molecule has 1 aromatic carbocycles. The van der Waals surface area contributed by atoms with Crippen LogP contribution in [0.1, 0.15) is 42.5 Å². The number of aromatic nitrogens is 1. The number of primary amides is 1. The third kappa shape index (κ3) is 4.85. The molecule has 0 bridgehead atoms. The van der Waals surface area contributed by atoms with E-state index in [1.165, 1.54) is 12.3 Å². The summed E-state index contributed by atoms with van der Waals surface area (Å²) in [5.74, 6) is 3.78. The largest absolute Gasteiger partial charge is 0.403 e. The molecule has 0 spiro atoms. The number of amides is 1. The Labute approximate surface area is 190 Å². The molecule has 172 valence electrons. The van der Waals surface area contributed by atoms with Gasteiger partial charge in [0.05, 0.1) is 17.0 Å². The Morgan fingerprint density at radius 1 is 1.28 bits per heavy atom. The lowest BCUT2D eigenvalue weighted by atomic mass is 9.92. The third-order valence-corrected chi connectivity index (χ3v) is 5.62. The van der Waals surface area contributed by atoms with E-state index >= 15 is 0 Å². The summed E-state index contributed by atoms with van der Waals surface area (Å²) in [4.78, 5) is 18.3. The van der Waals surface area contributed by atoms with Crippen molar-refractivity contribution < 1.29 is 13.6 Å². The number of nitrogens with zero attached hydrogens (tertiary/aromatic N) is 3. The van der Waals surface area contributed by atoms with Gasteiger partial charge in [-0.2, -0.15) is 0 Å². The van der Waals surface area contributed by atoms with Gasteiger partial charge in [0.2, 0.25) is 0 Å². The van der Waals surface area contributed by atoms with Crippen molar-refractivity contribution in [3.8, 4) is 11.1 Å². The summed E-state index contributed by atoms with van der Waals surface area (Å²) >= 11 is 5.77. The van der Waals surface area contributed by atoms with Gasteiger partial charge in [-0.15, -0.1) is 0 Å². The standard InChI is InChI=1S/C22H27ClF2N6O/c1-22(2,3)31(28)13(9-26)10-30-5-4-14-15(8-18(21(27)32)29-19(14)11-30)20-16(24)6-12(23)7-17(20)25/h6-9H,4-5,10-11,26,28H2,1-3H3,(H2,27,32)/b13-9-. The number of carbonyl (C=O) groups is 1. The van der Waals surface area contributed by atoms with Gasteiger partial charge in [-0.1, -0.05) is 11.6 Å². The zero-order valence-electron chi connectivity index (χ0n) is 18.3. The number of carbonyl (C=O) groups excluding carboxylic acids is 1. The van der Waals surface area contributed by atoms with Crippen LogP contribution in [0.5, 0.6) is 0 Å². The maximum Gasteiger partial charge on any atom is 0.267 e. The molecule has 0 unspecified atom stereocenters. The number of pyridine rings is 1. The van der Waals surface area contributed by atoms with Crippen molar-refractivity contribution >= 4 is 17.5 Å². The molecule has 0 atom stereocenters. The minimum atomic E-state index is -0.821. The third-order valence-electron chi connectivity index (χ3n) is 5.40. The van der Waals surface area contributed by atoms with E-state index in [0.29, 0.717) is 43.0 Å². The van der Waals surface area contributed by atoms with Gasteiger partial charge in [0, 0.05) is 36.4 Å². The Balaban J connectivity index is 2.01. The fourth-order valence-corrected chi connectivity index (χ4v) is 3.94. The Kier molecular flexibility index (Phi) is 6.73. The Hall–Kier alpha value is -2.75. The van der Waals surface area contributed by atoms with Gasteiger partial charge in [0.25, 0.3) is 5.91 Å². The lowest BCUT2D eigenvalue weighted by Crippen LogP contribution is -2.49. The van der Waals surface area contributed by atoms with E-state index < -0.39 is 17.5 Å². The number of benzene rings is 1. The summed E-state index contributed by atoms with van der Waals surface area (Å²) in [5, 5.41) is 1.54. The first-order chi connectivity index (χ1) is 14.9. The molecule has 32 heavy (non-hydrogen) atoms. The highest BCUT2D eigenvalue weighted by molar-refractivity contribution is 6.30. The predicted molar refractivity (Wildman–Crippen MR) is 120 cm³/mol. The zero-order valence-corrected chi connectivity index (χ0v) is 19.0. The van der Waals surface area contributed by atoms with Crippen molar-refractivity contribution in [2.75, 3.05) is 13.1 Å². The molecule has 2 aromatic rings. The molecule has 0 radical (unpaired) electrons. The molecule has 6 N–H and O–H groups in total. The first kappa shape index (κ1) is 23.9. The highest BCUT2D eigenvalue weighted by Crippen LogP contribution is 2.35. The summed E-state index contributed by atoms with van der Waals surface area (Å²) in [5.41, 5.74) is 12.7. The van der Waals surface area contributed by atoms with E-state index in [0.717, 1.165) is 12.1 Å². The normalized spacial score (nSPS) is 14.9. The predicted octanol–water partition coefficient (Wildman–Crippen LogP) is 2.91. The van der Waals surface area contributed by atoms with Gasteiger partial charge in [-0.05, 0) is 56.5 Å². The molecule has 1 aliphatic rings. The number of hydrazine groups is 1. The molecule has 1 aliphatic heterocycles. The number of hydrogen-bond acceptors (Lipinski definition) is 6. The summed E-state index contributed by atoms with van der Waals surface area (Å²) in [6.07, 6.45) is 1.91. The summed E-state index contributed by atoms with van der Waals surface area (Å²) in [7, 11) is 0. The topological polar surface area (TPSA) is 115 Å². The van der Waals surface area contributed by atoms with Crippen LogP contribution in [0.2, 0.25) is 5.02 Å². The molecule has 10 heteroatoms. The molecule has 7 nitrogen and oxygen atoms in total. The van der Waals surface area contributed by atoms with E-state index in [1.54, 1.807) is 5.01 Å². The van der Waals surface area contributed by atoms with Gasteiger partial charge in [0.1, 0.15) is 17.3 Å². The van der Waals surface area contributed by atoms with Crippen molar-refractivity contribution in [2.45, 2.75) is 39.3 Å². The molecule has 0 fully saturated rings. The van der Waals surface area contributed by atoms with Crippen LogP contribution < -0.4 is 17.3 Å². The minimum absolute atomic E-state index is 0.0562. The van der Waals surface area contributed by atoms with Crippen LogP contribution in [0.4, 0.5) is 8.78 Å². The van der Waals surface area contributed by atoms with Crippen LogP contribution in [-0.4, -0.2) is 39.4 Å². The van der Waals surface area contributed by atoms with Gasteiger partial charge in [-0.3, -0.25) is 9.69 Å². The van der Waals surface area contributed by atoms with Crippen LogP contribution in [0.25, 0.3) is 11.1 Å². The second-order valence-electron chi connectivity index (χ2n) is 8.75. The molecular formula is C22H27ClF2N6O. The monoisotopic (exact) mass is 464 g/mol. The molecule has 0 saturated heterocycles. The van der Waals surface area contributed by atoms with E-state index in [4.69, 9.17) is 28.9 Å². The van der Waals surface area contributed by atoms with Crippen LogP contribution in [0.15, 0.2) is 30.1 Å². The highest BCUT2D eigenvalue weighted by atomic mass is 35.5. The lowest BCUT2D eigenvalue weighted by Gasteiger charge is -2.38. The SMILES string of the molecule is CC(C)(C)N(N)/C(=C\N)CN1CCc2c(-c3c(F)cc(Cl)cc3F)cc(C(N)=O)nc2C1. The quantitative estimate of drug-likeness (QED) is 0.463. The van der Waals surface area contributed by atoms with Gasteiger partial charge in [0.15, 0.2) is 0 Å². The van der Waals surface area contributed by atoms with E-state index in [2.05, 4.69) is 4.98 Å². The number of fused-ring (bicyclic) bond motifs is 1. The average molecular weight is 465 g/mol. The molecule has 0 aliphatic carbocycles. The second-order valence-corrected chi connectivity index (χ2v) is 9.18. The van der Waals surface area contributed by atoms with Crippen molar-refractivity contribution in [2.24, 2.45) is 17.3 Å². The molecule has 1 aromatic heterocycles. The maximum atomic E-state index is 14.7. The van der Waals surface area contributed by atoms with Crippen LogP contribution >= 0.6 is 11.6 Å². The lowest BCUT2D eigenvalue weighted by molar-refractivity contribution is 0.0994. The first-order valence-corrected chi connectivity index (χ1v) is 10.5. The molecule has 2 heterocycles. The fourth-order valence-electron chi connectivity index (χ4n) is 3.75. The zero-order chi connectivity index (χ0) is 23.8. The van der Waals surface area contributed by atoms with Crippen LogP contribution in [0, 0.1) is 11.6 Å². The number of halogens is 3. The van der Waals surface area contributed by atoms with Gasteiger partial charge < -0.3 is 16.5 Å². The smallest absolute Gasteiger partial charge is 0.267 e. The first-order valence-electron chi connectivity index (χ1n) is 10.1. The van der Waals surface area contributed by atoms with E-state index in [-0.39, 0.29) is 27.4 Å². The number of nitrogens with two attached hydrogens (primary N) is 3. The fraction of sp³-hybridized carbons (Fsp3) is 0.364. The summed E-state index contributed by atoms with van der Waals surface area (Å²) in [6, 6.07) is 3.40. The van der Waals surface area contributed by atoms with E-state index in [1.807, 2.05) is 25.7 Å². The average Bonchev–Trinajstić information content (AvgIpc) is 2.69. The number of rotatable bonds is 5. The minimum Gasteiger partial charge on any atom is -0.403 e. The van der Waals surface area contributed by atoms with Crippen molar-refractivity contribution in [3.05, 3.63) is 63.7 Å². The molecular weight excluding hydrogens is 438 g/mol. The van der Waals surface area contributed by atoms with Crippen LogP contribution in [0.3, 0.4) is 0 Å². The van der Waals surface area contributed by atoms with Crippen molar-refractivity contribution in [1.82, 2.24) is 14.9 Å². The van der Waals surface area contributed by atoms with Crippen molar-refractivity contribution in [3.63, 3.8) is 0 Å². The van der Waals surface area contributed by atoms with Crippen LogP contribution in [-0.2, 0) is 13.0 Å². The van der Waals surface area contributed by atoms with E-state index in [9.17, 15) is 13.6 Å². The Morgan fingerprint density at radius 3 is 2.44 bits per heavy atom. The van der Waals surface area contributed by atoms with Gasteiger partial charge >= 0.3 is 0 Å². The Morgan fingerprint density at radius 2 is 1.91 bits per heavy atom. The van der Waals surface area contributed by atoms with Crippen molar-refractivity contribution in [1.29, 1.82) is 0 Å². The summed E-state index contributed by atoms with van der Waals surface area (Å²) in [6.45, 7) is 7.23. The Bertz CT molecular complexity index is 1060. The molecule has 3 rings (SSSR count). The maximum absolute atomic E-state index is 14.7.